The Morgan fingerprint density at radius 3 is 3.00 bits per heavy atom. The van der Waals surface area contributed by atoms with Crippen LogP contribution in [0, 0.1) is 10.1 Å². The molecule has 1 atom stereocenters. The van der Waals surface area contributed by atoms with E-state index in [-0.39, 0.29) is 17.5 Å². The highest BCUT2D eigenvalue weighted by molar-refractivity contribution is 5.48. The standard InChI is InChI=1S/C13H18N2O4/c1-19-13-5-4-10(7-12(13)15(17)18)8-14-6-2-3-11(16)9-14/h4-5,7,11,16H,2-3,6,8-9H2,1H3. The predicted octanol–water partition coefficient (Wildman–Crippen LogP) is 1.56. The fourth-order valence-electron chi connectivity index (χ4n) is 2.41. The van der Waals surface area contributed by atoms with Crippen molar-refractivity contribution in [3.05, 3.63) is 33.9 Å². The number of hydrogen-bond donors (Lipinski definition) is 1. The van der Waals surface area contributed by atoms with Crippen LogP contribution in [-0.2, 0) is 6.54 Å². The summed E-state index contributed by atoms with van der Waals surface area (Å²) in [7, 11) is 1.42. The van der Waals surface area contributed by atoms with Crippen LogP contribution < -0.4 is 4.74 Å². The number of rotatable bonds is 4. The molecule has 1 aromatic carbocycles. The number of β-amino-alcohol motifs (C(OH)–C–C–N with tert-alkyl or cyclic N) is 1. The largest absolute Gasteiger partial charge is 0.490 e. The average Bonchev–Trinajstić information content (AvgIpc) is 2.38. The summed E-state index contributed by atoms with van der Waals surface area (Å²) in [5.41, 5.74) is 0.846. The van der Waals surface area contributed by atoms with Gasteiger partial charge >= 0.3 is 5.69 Å². The van der Waals surface area contributed by atoms with Crippen LogP contribution in [0.5, 0.6) is 5.75 Å². The lowest BCUT2D eigenvalue weighted by Gasteiger charge is -2.29. The summed E-state index contributed by atoms with van der Waals surface area (Å²) in [4.78, 5) is 12.6. The first-order valence-electron chi connectivity index (χ1n) is 6.32. The van der Waals surface area contributed by atoms with Gasteiger partial charge in [0.2, 0.25) is 0 Å². The Morgan fingerprint density at radius 2 is 2.37 bits per heavy atom. The zero-order valence-corrected chi connectivity index (χ0v) is 10.9. The highest BCUT2D eigenvalue weighted by Crippen LogP contribution is 2.28. The number of methoxy groups -OCH3 is 1. The van der Waals surface area contributed by atoms with Crippen LogP contribution in [0.3, 0.4) is 0 Å². The number of piperidine rings is 1. The van der Waals surface area contributed by atoms with E-state index in [1.165, 1.54) is 7.11 Å². The summed E-state index contributed by atoms with van der Waals surface area (Å²) in [6.45, 7) is 2.15. The minimum absolute atomic E-state index is 0.0162. The molecule has 1 saturated heterocycles. The van der Waals surface area contributed by atoms with Crippen molar-refractivity contribution in [1.82, 2.24) is 4.90 Å². The van der Waals surface area contributed by atoms with Crippen LogP contribution in [0.15, 0.2) is 18.2 Å². The molecule has 1 unspecified atom stereocenters. The van der Waals surface area contributed by atoms with Crippen molar-refractivity contribution in [3.8, 4) is 5.75 Å². The molecule has 0 saturated carbocycles. The fraction of sp³-hybridized carbons (Fsp3) is 0.538. The normalized spacial score (nSPS) is 20.2. The van der Waals surface area contributed by atoms with Gasteiger partial charge in [-0.3, -0.25) is 15.0 Å². The molecule has 1 N–H and O–H groups in total. The molecule has 6 nitrogen and oxygen atoms in total. The number of nitrogens with zero attached hydrogens (tertiary/aromatic N) is 2. The van der Waals surface area contributed by atoms with Crippen molar-refractivity contribution in [1.29, 1.82) is 0 Å². The Morgan fingerprint density at radius 1 is 1.58 bits per heavy atom. The topological polar surface area (TPSA) is 75.8 Å². The summed E-state index contributed by atoms with van der Waals surface area (Å²) in [6, 6.07) is 4.99. The minimum Gasteiger partial charge on any atom is -0.490 e. The fourth-order valence-corrected chi connectivity index (χ4v) is 2.41. The maximum absolute atomic E-state index is 10.9. The predicted molar refractivity (Wildman–Crippen MR) is 70.2 cm³/mol. The maximum Gasteiger partial charge on any atom is 0.311 e. The molecule has 0 amide bonds. The van der Waals surface area contributed by atoms with E-state index in [9.17, 15) is 15.2 Å². The maximum atomic E-state index is 10.9. The molecule has 1 aliphatic rings. The van der Waals surface area contributed by atoms with E-state index in [4.69, 9.17) is 4.74 Å². The van der Waals surface area contributed by atoms with E-state index in [1.807, 2.05) is 6.07 Å². The highest BCUT2D eigenvalue weighted by atomic mass is 16.6. The first-order chi connectivity index (χ1) is 9.10. The van der Waals surface area contributed by atoms with Gasteiger partial charge in [0, 0.05) is 19.2 Å². The van der Waals surface area contributed by atoms with Crippen molar-refractivity contribution in [2.45, 2.75) is 25.5 Å². The molecule has 0 spiro atoms. The van der Waals surface area contributed by atoms with Gasteiger partial charge in [0.15, 0.2) is 5.75 Å². The van der Waals surface area contributed by atoms with Gasteiger partial charge in [-0.2, -0.15) is 0 Å². The molecular weight excluding hydrogens is 248 g/mol. The van der Waals surface area contributed by atoms with E-state index in [2.05, 4.69) is 4.90 Å². The van der Waals surface area contributed by atoms with Crippen molar-refractivity contribution in [2.24, 2.45) is 0 Å². The first-order valence-corrected chi connectivity index (χ1v) is 6.32. The summed E-state index contributed by atoms with van der Waals surface area (Å²) in [6.07, 6.45) is 1.50. The SMILES string of the molecule is COc1ccc(CN2CCCC(O)C2)cc1[N+](=O)[O-]. The summed E-state index contributed by atoms with van der Waals surface area (Å²) in [5.74, 6) is 0.271. The molecule has 0 aromatic heterocycles. The molecule has 104 valence electrons. The van der Waals surface area contributed by atoms with Gasteiger partial charge in [0.1, 0.15) is 0 Å². The first kappa shape index (κ1) is 13.8. The zero-order chi connectivity index (χ0) is 13.8. The van der Waals surface area contributed by atoms with Crippen molar-refractivity contribution in [2.75, 3.05) is 20.2 Å². The smallest absolute Gasteiger partial charge is 0.311 e. The molecule has 2 rings (SSSR count). The molecule has 0 radical (unpaired) electrons. The molecule has 6 heteroatoms. The van der Waals surface area contributed by atoms with E-state index >= 15 is 0 Å². The van der Waals surface area contributed by atoms with E-state index in [0.717, 1.165) is 24.9 Å². The van der Waals surface area contributed by atoms with Gasteiger partial charge in [-0.15, -0.1) is 0 Å². The number of aliphatic hydroxyl groups excluding tert-OH is 1. The van der Waals surface area contributed by atoms with Gasteiger partial charge < -0.3 is 9.84 Å². The molecule has 1 fully saturated rings. The van der Waals surface area contributed by atoms with Gasteiger partial charge in [0.25, 0.3) is 0 Å². The number of aliphatic hydroxyl groups is 1. The van der Waals surface area contributed by atoms with Gasteiger partial charge in [-0.05, 0) is 31.0 Å². The summed E-state index contributed by atoms with van der Waals surface area (Å²) >= 11 is 0. The molecule has 0 aliphatic carbocycles. The Balaban J connectivity index is 2.12. The van der Waals surface area contributed by atoms with Crippen LogP contribution in [0.1, 0.15) is 18.4 Å². The number of benzene rings is 1. The van der Waals surface area contributed by atoms with Crippen molar-refractivity contribution < 1.29 is 14.8 Å². The zero-order valence-electron chi connectivity index (χ0n) is 10.9. The lowest BCUT2D eigenvalue weighted by Crippen LogP contribution is -2.37. The minimum atomic E-state index is -0.437. The molecule has 1 aromatic rings. The Labute approximate surface area is 111 Å². The second-order valence-corrected chi connectivity index (χ2v) is 4.79. The number of ether oxygens (including phenoxy) is 1. The van der Waals surface area contributed by atoms with Gasteiger partial charge in [-0.1, -0.05) is 6.07 Å². The molecule has 0 bridgehead atoms. The molecular formula is C13H18N2O4. The number of likely N-dealkylation sites (tertiary alicyclic amines) is 1. The number of hydrogen-bond acceptors (Lipinski definition) is 5. The van der Waals surface area contributed by atoms with E-state index in [1.54, 1.807) is 12.1 Å². The highest BCUT2D eigenvalue weighted by Gasteiger charge is 2.20. The van der Waals surface area contributed by atoms with E-state index in [0.29, 0.717) is 13.1 Å². The molecule has 1 aliphatic heterocycles. The van der Waals surface area contributed by atoms with Crippen LogP contribution in [0.4, 0.5) is 5.69 Å². The Kier molecular flexibility index (Phi) is 4.34. The molecule has 1 heterocycles. The summed E-state index contributed by atoms with van der Waals surface area (Å²) < 4.78 is 4.97. The lowest BCUT2D eigenvalue weighted by molar-refractivity contribution is -0.385. The van der Waals surface area contributed by atoms with E-state index < -0.39 is 4.92 Å². The Hall–Kier alpha value is -1.66. The van der Waals surface area contributed by atoms with Gasteiger partial charge in [0.05, 0.1) is 18.1 Å². The monoisotopic (exact) mass is 266 g/mol. The second-order valence-electron chi connectivity index (χ2n) is 4.79. The summed E-state index contributed by atoms with van der Waals surface area (Å²) in [5, 5.41) is 20.6. The number of nitro benzene ring substituents is 1. The third kappa shape index (κ3) is 3.42. The second kappa shape index (κ2) is 5.99. The van der Waals surface area contributed by atoms with Crippen molar-refractivity contribution in [3.63, 3.8) is 0 Å². The third-order valence-corrected chi connectivity index (χ3v) is 3.33. The van der Waals surface area contributed by atoms with Crippen LogP contribution in [0.25, 0.3) is 0 Å². The quantitative estimate of drug-likeness (QED) is 0.661. The number of nitro groups is 1. The van der Waals surface area contributed by atoms with Crippen LogP contribution in [0.2, 0.25) is 0 Å². The Bertz CT molecular complexity index is 464. The van der Waals surface area contributed by atoms with Crippen molar-refractivity contribution >= 4 is 5.69 Å². The lowest BCUT2D eigenvalue weighted by atomic mass is 10.1. The average molecular weight is 266 g/mol. The third-order valence-electron chi connectivity index (χ3n) is 3.33. The van der Waals surface area contributed by atoms with Gasteiger partial charge in [-0.25, -0.2) is 0 Å². The molecule has 19 heavy (non-hydrogen) atoms. The van der Waals surface area contributed by atoms with Crippen LogP contribution in [-0.4, -0.2) is 41.2 Å². The van der Waals surface area contributed by atoms with Crippen LogP contribution >= 0.6 is 0 Å².